The number of aliphatic hydroxyl groups excluding tert-OH is 1. The quantitative estimate of drug-likeness (QED) is 0.483. The van der Waals surface area contributed by atoms with Crippen molar-refractivity contribution in [2.45, 2.75) is 36.9 Å². The fraction of sp³-hybridized carbons (Fsp3) is 0.227. The Bertz CT molecular complexity index is 1390. The van der Waals surface area contributed by atoms with Gasteiger partial charge >= 0.3 is 0 Å². The number of aliphatic hydroxyl groups is 1. The van der Waals surface area contributed by atoms with Gasteiger partial charge in [-0.3, -0.25) is 4.79 Å². The van der Waals surface area contributed by atoms with Crippen LogP contribution in [0, 0.1) is 0 Å². The summed E-state index contributed by atoms with van der Waals surface area (Å²) in [6.45, 7) is 2.03. The highest BCUT2D eigenvalue weighted by atomic mass is 32.2. The molecular formula is C22H20N4O4S2. The number of hydrogen-bond donors (Lipinski definition) is 1. The zero-order chi connectivity index (χ0) is 22.5. The maximum atomic E-state index is 13.2. The Balaban J connectivity index is 1.39. The molecular weight excluding hydrogens is 448 g/mol. The molecule has 8 nitrogen and oxygen atoms in total. The van der Waals surface area contributed by atoms with E-state index in [2.05, 4.69) is 10.1 Å². The summed E-state index contributed by atoms with van der Waals surface area (Å²) in [7, 11) is -3.86. The van der Waals surface area contributed by atoms with E-state index in [0.717, 1.165) is 19.9 Å². The molecule has 0 saturated heterocycles. The smallest absolute Gasteiger partial charge is 0.283 e. The molecule has 1 aliphatic rings. The summed E-state index contributed by atoms with van der Waals surface area (Å²) in [5.41, 5.74) is 4.38. The molecule has 1 amide bonds. The van der Waals surface area contributed by atoms with Crippen LogP contribution < -0.4 is 0 Å². The van der Waals surface area contributed by atoms with Crippen molar-refractivity contribution in [2.24, 2.45) is 0 Å². The lowest BCUT2D eigenvalue weighted by molar-refractivity contribution is -0.135. The highest BCUT2D eigenvalue weighted by molar-refractivity contribution is 7.89. The lowest BCUT2D eigenvalue weighted by Gasteiger charge is -2.25. The Morgan fingerprint density at radius 3 is 2.66 bits per heavy atom. The van der Waals surface area contributed by atoms with Crippen molar-refractivity contribution in [2.75, 3.05) is 0 Å². The molecule has 164 valence electrons. The van der Waals surface area contributed by atoms with Crippen LogP contribution >= 0.6 is 11.3 Å². The monoisotopic (exact) mass is 468 g/mol. The Labute approximate surface area is 188 Å². The summed E-state index contributed by atoms with van der Waals surface area (Å²) in [6, 6.07) is 13.9. The predicted octanol–water partition coefficient (Wildman–Crippen LogP) is 2.74. The third-order valence-corrected chi connectivity index (χ3v) is 7.94. The number of carbonyl (C=O) groups is 1. The lowest BCUT2D eigenvalue weighted by atomic mass is 9.93. The second-order valence-corrected chi connectivity index (χ2v) is 10.5. The molecule has 5 rings (SSSR count). The summed E-state index contributed by atoms with van der Waals surface area (Å²) < 4.78 is 27.9. The van der Waals surface area contributed by atoms with Gasteiger partial charge in [0.1, 0.15) is 0 Å². The third kappa shape index (κ3) is 3.50. The molecule has 32 heavy (non-hydrogen) atoms. The molecule has 0 saturated carbocycles. The second-order valence-electron chi connectivity index (χ2n) is 7.78. The number of carbonyl (C=O) groups excluding carboxylic acids is 1. The molecule has 4 aromatic rings. The number of nitrogens with zero attached hydrogens (tertiary/aromatic N) is 4. The van der Waals surface area contributed by atoms with Crippen LogP contribution in [0.1, 0.15) is 29.7 Å². The highest BCUT2D eigenvalue weighted by Gasteiger charge is 2.35. The predicted molar refractivity (Wildman–Crippen MR) is 120 cm³/mol. The molecule has 0 radical (unpaired) electrons. The molecule has 3 heterocycles. The van der Waals surface area contributed by atoms with Crippen LogP contribution in [-0.2, 0) is 27.9 Å². The van der Waals surface area contributed by atoms with Crippen molar-refractivity contribution in [3.63, 3.8) is 0 Å². The van der Waals surface area contributed by atoms with Gasteiger partial charge in [0, 0.05) is 18.3 Å². The number of fused-ring (bicyclic) bond motifs is 2. The van der Waals surface area contributed by atoms with Gasteiger partial charge in [-0.05, 0) is 30.7 Å². The van der Waals surface area contributed by atoms with Gasteiger partial charge in [0.25, 0.3) is 10.0 Å². The van der Waals surface area contributed by atoms with E-state index in [1.54, 1.807) is 29.5 Å². The number of thiazole rings is 1. The first-order valence-corrected chi connectivity index (χ1v) is 12.3. The maximum Gasteiger partial charge on any atom is 0.283 e. The van der Waals surface area contributed by atoms with Gasteiger partial charge in [-0.25, -0.2) is 4.98 Å². The summed E-state index contributed by atoms with van der Waals surface area (Å²) in [5, 5.41) is 14.5. The minimum absolute atomic E-state index is 0.140. The Hall–Kier alpha value is -3.08. The standard InChI is InChI=1S/C22H20N4O4S2/c1-14(27)21(15-5-3-2-4-6-15)22(28)25-10-16-11-26(24-19(16)12-25)32(29,30)17-7-8-18-20(9-17)31-13-23-18/h2-9,11,13-14,21,27H,10,12H2,1H3. The van der Waals surface area contributed by atoms with E-state index in [0.29, 0.717) is 11.3 Å². The van der Waals surface area contributed by atoms with Gasteiger partial charge in [0.2, 0.25) is 5.91 Å². The molecule has 0 bridgehead atoms. The van der Waals surface area contributed by atoms with Crippen LogP contribution in [0.2, 0.25) is 0 Å². The summed E-state index contributed by atoms with van der Waals surface area (Å²) >= 11 is 1.37. The van der Waals surface area contributed by atoms with E-state index in [9.17, 15) is 18.3 Å². The van der Waals surface area contributed by atoms with E-state index >= 15 is 0 Å². The fourth-order valence-corrected chi connectivity index (χ4v) is 5.98. The van der Waals surface area contributed by atoms with E-state index in [1.807, 2.05) is 30.3 Å². The first kappa shape index (κ1) is 20.8. The minimum atomic E-state index is -3.86. The van der Waals surface area contributed by atoms with Gasteiger partial charge in [-0.2, -0.15) is 17.6 Å². The molecule has 10 heteroatoms. The van der Waals surface area contributed by atoms with E-state index < -0.39 is 22.0 Å². The zero-order valence-corrected chi connectivity index (χ0v) is 18.8. The molecule has 0 spiro atoms. The Morgan fingerprint density at radius 2 is 1.94 bits per heavy atom. The van der Waals surface area contributed by atoms with Crippen molar-refractivity contribution in [3.05, 3.63) is 77.1 Å². The largest absolute Gasteiger partial charge is 0.392 e. The van der Waals surface area contributed by atoms with Crippen molar-refractivity contribution < 1.29 is 18.3 Å². The topological polar surface area (TPSA) is 105 Å². The molecule has 0 aliphatic carbocycles. The number of hydrogen-bond acceptors (Lipinski definition) is 7. The summed E-state index contributed by atoms with van der Waals surface area (Å²) in [6.07, 6.45) is 0.606. The number of benzene rings is 2. The fourth-order valence-electron chi connectivity index (χ4n) is 3.99. The summed E-state index contributed by atoms with van der Waals surface area (Å²) in [4.78, 5) is 19.1. The average molecular weight is 469 g/mol. The van der Waals surface area contributed by atoms with Crippen molar-refractivity contribution >= 4 is 37.5 Å². The van der Waals surface area contributed by atoms with Gasteiger partial charge in [0.05, 0.1) is 44.9 Å². The van der Waals surface area contributed by atoms with Gasteiger partial charge in [-0.1, -0.05) is 30.3 Å². The van der Waals surface area contributed by atoms with Crippen LogP contribution in [0.3, 0.4) is 0 Å². The number of aromatic nitrogens is 3. The minimum Gasteiger partial charge on any atom is -0.392 e. The molecule has 2 unspecified atom stereocenters. The van der Waals surface area contributed by atoms with Gasteiger partial charge in [0.15, 0.2) is 0 Å². The molecule has 2 aromatic carbocycles. The summed E-state index contributed by atoms with van der Waals surface area (Å²) in [5.74, 6) is -0.906. The average Bonchev–Trinajstić information content (AvgIpc) is 3.48. The molecule has 0 fully saturated rings. The molecule has 2 aromatic heterocycles. The first-order valence-electron chi connectivity index (χ1n) is 10.0. The van der Waals surface area contributed by atoms with E-state index in [1.165, 1.54) is 23.6 Å². The Morgan fingerprint density at radius 1 is 1.16 bits per heavy atom. The normalized spacial score (nSPS) is 15.6. The van der Waals surface area contributed by atoms with Crippen molar-refractivity contribution in [1.82, 2.24) is 19.1 Å². The van der Waals surface area contributed by atoms with E-state index in [4.69, 9.17) is 0 Å². The lowest BCUT2D eigenvalue weighted by Crippen LogP contribution is -2.36. The SMILES string of the molecule is CC(O)C(C(=O)N1Cc2cn(S(=O)(=O)c3ccc4ncsc4c3)nc2C1)c1ccccc1. The van der Waals surface area contributed by atoms with Crippen LogP contribution in [0.4, 0.5) is 0 Å². The van der Waals surface area contributed by atoms with Gasteiger partial charge in [-0.15, -0.1) is 11.3 Å². The number of amides is 1. The van der Waals surface area contributed by atoms with Crippen LogP contribution in [0.15, 0.2) is 65.1 Å². The van der Waals surface area contributed by atoms with Crippen molar-refractivity contribution in [1.29, 1.82) is 0 Å². The van der Waals surface area contributed by atoms with Gasteiger partial charge < -0.3 is 10.0 Å². The van der Waals surface area contributed by atoms with E-state index in [-0.39, 0.29) is 23.9 Å². The maximum absolute atomic E-state index is 13.2. The van der Waals surface area contributed by atoms with Crippen LogP contribution in [-0.4, -0.2) is 44.6 Å². The highest BCUT2D eigenvalue weighted by Crippen LogP contribution is 2.30. The second kappa shape index (κ2) is 7.80. The molecule has 1 N–H and O–H groups in total. The first-order chi connectivity index (χ1) is 15.3. The zero-order valence-electron chi connectivity index (χ0n) is 17.1. The number of rotatable bonds is 5. The molecule has 1 aliphatic heterocycles. The third-order valence-electron chi connectivity index (χ3n) is 5.62. The van der Waals surface area contributed by atoms with Crippen LogP contribution in [0.25, 0.3) is 10.2 Å². The Kier molecular flexibility index (Phi) is 5.07. The van der Waals surface area contributed by atoms with Crippen molar-refractivity contribution in [3.8, 4) is 0 Å². The van der Waals surface area contributed by atoms with Crippen LogP contribution in [0.5, 0.6) is 0 Å². The molecule has 2 atom stereocenters.